The van der Waals surface area contributed by atoms with Gasteiger partial charge in [-0.05, 0) is 66.9 Å². The van der Waals surface area contributed by atoms with Gasteiger partial charge in [0.2, 0.25) is 0 Å². The molecule has 0 fully saturated rings. The number of amides is 2. The minimum atomic E-state index is -4.64. The van der Waals surface area contributed by atoms with Crippen molar-refractivity contribution < 1.29 is 42.1 Å². The molecule has 0 radical (unpaired) electrons. The Kier molecular flexibility index (Phi) is 13.6. The standard InChI is InChI=1S/C31H33Cl2F3N2O6/c1-2-43-28(29(39)40)18-21-8-10-25(11-9-21)44-15-13-38(12-5-14-42-20-22-16-23(32)19-24(33)17-22)30(41)37-27-7-4-3-6-26(27)31(34,35)36/h3-4,6-11,16-17,19,28H,2,5,12-15,18,20H2,1H3,(H,37,41)(H,39,40). The molecule has 44 heavy (non-hydrogen) atoms. The Morgan fingerprint density at radius 2 is 1.64 bits per heavy atom. The van der Waals surface area contributed by atoms with Crippen LogP contribution in [0.15, 0.2) is 66.7 Å². The van der Waals surface area contributed by atoms with E-state index >= 15 is 0 Å². The third-order valence-corrected chi connectivity index (χ3v) is 6.72. The second-order valence-corrected chi connectivity index (χ2v) is 10.5. The minimum Gasteiger partial charge on any atom is -0.492 e. The van der Waals surface area contributed by atoms with Gasteiger partial charge in [-0.1, -0.05) is 47.5 Å². The fraction of sp³-hybridized carbons (Fsp3) is 0.355. The van der Waals surface area contributed by atoms with Gasteiger partial charge in [0.25, 0.3) is 0 Å². The van der Waals surface area contributed by atoms with E-state index in [1.165, 1.54) is 23.1 Å². The van der Waals surface area contributed by atoms with Gasteiger partial charge in [-0.3, -0.25) is 0 Å². The predicted molar refractivity (Wildman–Crippen MR) is 161 cm³/mol. The lowest BCUT2D eigenvalue weighted by Gasteiger charge is -2.24. The van der Waals surface area contributed by atoms with Crippen LogP contribution in [0, 0.1) is 0 Å². The Morgan fingerprint density at radius 3 is 2.27 bits per heavy atom. The van der Waals surface area contributed by atoms with Gasteiger partial charge in [-0.25, -0.2) is 9.59 Å². The lowest BCUT2D eigenvalue weighted by molar-refractivity contribution is -0.150. The maximum atomic E-state index is 13.5. The molecule has 8 nitrogen and oxygen atoms in total. The number of hydrogen-bond donors (Lipinski definition) is 2. The minimum absolute atomic E-state index is 0.0479. The molecule has 0 bridgehead atoms. The number of anilines is 1. The topological polar surface area (TPSA) is 97.3 Å². The number of nitrogens with one attached hydrogen (secondary N) is 1. The average Bonchev–Trinajstić information content (AvgIpc) is 2.95. The molecular weight excluding hydrogens is 624 g/mol. The van der Waals surface area contributed by atoms with E-state index in [1.807, 2.05) is 0 Å². The summed E-state index contributed by atoms with van der Waals surface area (Å²) in [5.41, 5.74) is 0.203. The number of aliphatic carboxylic acids is 1. The van der Waals surface area contributed by atoms with E-state index in [4.69, 9.17) is 37.4 Å². The SMILES string of the molecule is CCOC(Cc1ccc(OCCN(CCCOCc2cc(Cl)cc(Cl)c2)C(=O)Nc2ccccc2C(F)(F)F)cc1)C(=O)O. The highest BCUT2D eigenvalue weighted by Gasteiger charge is 2.34. The molecular formula is C31H33Cl2F3N2O6. The normalized spacial score (nSPS) is 12.0. The van der Waals surface area contributed by atoms with E-state index in [2.05, 4.69) is 5.32 Å². The summed E-state index contributed by atoms with van der Waals surface area (Å²) >= 11 is 12.0. The molecule has 0 heterocycles. The first-order chi connectivity index (χ1) is 21.0. The summed E-state index contributed by atoms with van der Waals surface area (Å²) in [6.45, 7) is 2.77. The fourth-order valence-corrected chi connectivity index (χ4v) is 4.79. The number of benzene rings is 3. The Bertz CT molecular complexity index is 1360. The molecule has 3 aromatic carbocycles. The number of rotatable bonds is 16. The molecule has 3 aromatic rings. The van der Waals surface area contributed by atoms with Crippen LogP contribution in [0.5, 0.6) is 5.75 Å². The number of carbonyl (C=O) groups is 2. The van der Waals surface area contributed by atoms with Gasteiger partial charge in [-0.2, -0.15) is 13.2 Å². The number of nitrogens with zero attached hydrogens (tertiary/aromatic N) is 1. The Hall–Kier alpha value is -3.51. The van der Waals surface area contributed by atoms with Crippen molar-refractivity contribution in [2.75, 3.05) is 38.2 Å². The van der Waals surface area contributed by atoms with Crippen LogP contribution in [-0.2, 0) is 33.5 Å². The smallest absolute Gasteiger partial charge is 0.418 e. The first-order valence-corrected chi connectivity index (χ1v) is 14.5. The number of para-hydroxylation sites is 1. The molecule has 1 unspecified atom stereocenters. The van der Waals surface area contributed by atoms with Crippen molar-refractivity contribution in [1.82, 2.24) is 4.90 Å². The van der Waals surface area contributed by atoms with Gasteiger partial charge >= 0.3 is 18.2 Å². The highest BCUT2D eigenvalue weighted by atomic mass is 35.5. The summed E-state index contributed by atoms with van der Waals surface area (Å²) in [6.07, 6.45) is -5.03. The highest BCUT2D eigenvalue weighted by Crippen LogP contribution is 2.34. The maximum absolute atomic E-state index is 13.5. The van der Waals surface area contributed by atoms with Crippen molar-refractivity contribution in [1.29, 1.82) is 0 Å². The van der Waals surface area contributed by atoms with Crippen LogP contribution < -0.4 is 10.1 Å². The third-order valence-electron chi connectivity index (χ3n) is 6.29. The monoisotopic (exact) mass is 656 g/mol. The number of hydrogen-bond acceptors (Lipinski definition) is 5. The summed E-state index contributed by atoms with van der Waals surface area (Å²) in [5.74, 6) is -0.578. The first kappa shape index (κ1) is 35.0. The van der Waals surface area contributed by atoms with Crippen LogP contribution in [-0.4, -0.2) is 61.0 Å². The molecule has 2 N–H and O–H groups in total. The van der Waals surface area contributed by atoms with Crippen LogP contribution >= 0.6 is 23.2 Å². The van der Waals surface area contributed by atoms with Crippen LogP contribution in [0.25, 0.3) is 0 Å². The second kappa shape index (κ2) is 17.1. The van der Waals surface area contributed by atoms with Crippen molar-refractivity contribution in [3.8, 4) is 5.75 Å². The van der Waals surface area contributed by atoms with Gasteiger partial charge in [0.1, 0.15) is 12.4 Å². The zero-order valence-corrected chi connectivity index (χ0v) is 25.4. The summed E-state index contributed by atoms with van der Waals surface area (Å²) in [6, 6.07) is 15.8. The molecule has 2 amide bonds. The fourth-order valence-electron chi connectivity index (χ4n) is 4.22. The molecule has 0 saturated heterocycles. The lowest BCUT2D eigenvalue weighted by Crippen LogP contribution is -2.39. The predicted octanol–water partition coefficient (Wildman–Crippen LogP) is 7.56. The van der Waals surface area contributed by atoms with Crippen LogP contribution in [0.4, 0.5) is 23.7 Å². The number of urea groups is 1. The van der Waals surface area contributed by atoms with Gasteiger partial charge in [0.05, 0.1) is 24.4 Å². The van der Waals surface area contributed by atoms with Crippen molar-refractivity contribution in [3.05, 3.63) is 93.5 Å². The van der Waals surface area contributed by atoms with E-state index in [-0.39, 0.29) is 51.6 Å². The molecule has 13 heteroatoms. The zero-order valence-electron chi connectivity index (χ0n) is 23.9. The van der Waals surface area contributed by atoms with Crippen molar-refractivity contribution in [3.63, 3.8) is 0 Å². The average molecular weight is 658 g/mol. The molecule has 3 rings (SSSR count). The molecule has 1 atom stereocenters. The number of carboxylic acids is 1. The van der Waals surface area contributed by atoms with E-state index in [0.717, 1.165) is 17.2 Å². The molecule has 0 aliphatic heterocycles. The molecule has 0 spiro atoms. The number of ether oxygens (including phenoxy) is 3. The van der Waals surface area contributed by atoms with Gasteiger partial charge in [0, 0.05) is 36.2 Å². The quantitative estimate of drug-likeness (QED) is 0.154. The van der Waals surface area contributed by atoms with Crippen molar-refractivity contribution in [2.24, 2.45) is 0 Å². The second-order valence-electron chi connectivity index (χ2n) is 9.62. The molecule has 238 valence electrons. The largest absolute Gasteiger partial charge is 0.492 e. The summed E-state index contributed by atoms with van der Waals surface area (Å²) in [4.78, 5) is 25.8. The molecule has 0 aliphatic rings. The van der Waals surface area contributed by atoms with E-state index in [9.17, 15) is 27.9 Å². The van der Waals surface area contributed by atoms with E-state index in [0.29, 0.717) is 22.2 Å². The number of carbonyl (C=O) groups excluding carboxylic acids is 1. The molecule has 0 aliphatic carbocycles. The van der Waals surface area contributed by atoms with Crippen LogP contribution in [0.1, 0.15) is 30.0 Å². The Balaban J connectivity index is 1.60. The lowest BCUT2D eigenvalue weighted by atomic mass is 10.1. The summed E-state index contributed by atoms with van der Waals surface area (Å²) in [5, 5.41) is 12.6. The number of halogens is 5. The number of alkyl halides is 3. The third kappa shape index (κ3) is 11.5. The highest BCUT2D eigenvalue weighted by molar-refractivity contribution is 6.34. The molecule has 0 saturated carbocycles. The van der Waals surface area contributed by atoms with E-state index in [1.54, 1.807) is 49.4 Å². The summed E-state index contributed by atoms with van der Waals surface area (Å²) in [7, 11) is 0. The van der Waals surface area contributed by atoms with Gasteiger partial charge in [-0.15, -0.1) is 0 Å². The molecule has 0 aromatic heterocycles. The van der Waals surface area contributed by atoms with Crippen molar-refractivity contribution in [2.45, 2.75) is 38.7 Å². The first-order valence-electron chi connectivity index (χ1n) is 13.8. The van der Waals surface area contributed by atoms with Crippen molar-refractivity contribution >= 4 is 40.9 Å². The van der Waals surface area contributed by atoms with E-state index < -0.39 is 29.8 Å². The van der Waals surface area contributed by atoms with Crippen LogP contribution in [0.3, 0.4) is 0 Å². The van der Waals surface area contributed by atoms with Gasteiger partial charge < -0.3 is 29.5 Å². The number of carboxylic acid groups (broad SMARTS) is 1. The van der Waals surface area contributed by atoms with Crippen LogP contribution in [0.2, 0.25) is 10.0 Å². The Labute approximate surface area is 263 Å². The summed E-state index contributed by atoms with van der Waals surface area (Å²) < 4.78 is 57.2. The maximum Gasteiger partial charge on any atom is 0.418 e. The Morgan fingerprint density at radius 1 is 0.955 bits per heavy atom. The van der Waals surface area contributed by atoms with Gasteiger partial charge in [0.15, 0.2) is 6.10 Å². The zero-order chi connectivity index (χ0) is 32.1.